The zero-order valence-corrected chi connectivity index (χ0v) is 12.9. The summed E-state index contributed by atoms with van der Waals surface area (Å²) in [6.07, 6.45) is 0.331. The van der Waals surface area contributed by atoms with Gasteiger partial charge < -0.3 is 0 Å². The van der Waals surface area contributed by atoms with E-state index in [4.69, 9.17) is 0 Å². The van der Waals surface area contributed by atoms with Crippen molar-refractivity contribution in [1.29, 1.82) is 0 Å². The molecule has 2 heterocycles. The number of imidazole rings is 1. The third-order valence-electron chi connectivity index (χ3n) is 4.09. The molecule has 1 aromatic carbocycles. The van der Waals surface area contributed by atoms with Gasteiger partial charge in [-0.15, -0.1) is 0 Å². The van der Waals surface area contributed by atoms with E-state index in [1.54, 1.807) is 10.9 Å². The van der Waals surface area contributed by atoms with E-state index in [-0.39, 0.29) is 6.04 Å². The van der Waals surface area contributed by atoms with Crippen LogP contribution in [-0.4, -0.2) is 18.4 Å². The number of benzene rings is 1. The van der Waals surface area contributed by atoms with Crippen molar-refractivity contribution in [3.8, 4) is 0 Å². The topological polar surface area (TPSA) is 17.8 Å². The molecule has 20 heavy (non-hydrogen) atoms. The number of alkyl halides is 5. The van der Waals surface area contributed by atoms with Crippen LogP contribution in [0.2, 0.25) is 0 Å². The van der Waals surface area contributed by atoms with Gasteiger partial charge >= 0.3 is 122 Å². The number of rotatable bonds is 2. The van der Waals surface area contributed by atoms with Crippen molar-refractivity contribution < 1.29 is 13.2 Å². The Morgan fingerprint density at radius 3 is 2.50 bits per heavy atom. The molecule has 2 nitrogen and oxygen atoms in total. The van der Waals surface area contributed by atoms with Gasteiger partial charge in [0.1, 0.15) is 0 Å². The van der Waals surface area contributed by atoms with Gasteiger partial charge in [-0.2, -0.15) is 0 Å². The Bertz CT molecular complexity index is 669. The number of fused-ring (bicyclic) bond motifs is 1. The van der Waals surface area contributed by atoms with E-state index in [0.717, 1.165) is 31.7 Å². The summed E-state index contributed by atoms with van der Waals surface area (Å²) in [5.41, 5.74) is 0.355. The van der Waals surface area contributed by atoms with E-state index in [9.17, 15) is 13.2 Å². The SMILES string of the molecule is FC(F)(F)c1cc(I2CC2)cc2ncn(C3CCC3)c12. The summed E-state index contributed by atoms with van der Waals surface area (Å²) in [4.78, 5) is 4.25. The van der Waals surface area contributed by atoms with E-state index in [1.165, 1.54) is 6.07 Å². The summed E-state index contributed by atoms with van der Waals surface area (Å²) in [5, 5.41) is 0. The molecule has 1 aromatic heterocycles. The van der Waals surface area contributed by atoms with Gasteiger partial charge in [-0.3, -0.25) is 0 Å². The Labute approximate surface area is 121 Å². The number of halogens is 4. The van der Waals surface area contributed by atoms with Crippen LogP contribution in [0.25, 0.3) is 11.0 Å². The van der Waals surface area contributed by atoms with Crippen molar-refractivity contribution in [3.05, 3.63) is 27.6 Å². The number of nitrogens with zero attached hydrogens (tertiary/aromatic N) is 2. The molecule has 0 amide bonds. The monoisotopic (exact) mass is 394 g/mol. The van der Waals surface area contributed by atoms with Gasteiger partial charge in [0.05, 0.1) is 0 Å². The van der Waals surface area contributed by atoms with E-state index in [1.807, 2.05) is 6.07 Å². The van der Waals surface area contributed by atoms with Crippen LogP contribution >= 0.6 is 19.8 Å². The van der Waals surface area contributed by atoms with Gasteiger partial charge in [0, 0.05) is 0 Å². The second-order valence-electron chi connectivity index (χ2n) is 5.39. The van der Waals surface area contributed by atoms with Crippen molar-refractivity contribution in [2.45, 2.75) is 31.5 Å². The van der Waals surface area contributed by atoms with Crippen LogP contribution < -0.4 is 0 Å². The van der Waals surface area contributed by atoms with Crippen LogP contribution in [0.15, 0.2) is 18.5 Å². The third-order valence-corrected chi connectivity index (χ3v) is 8.64. The van der Waals surface area contributed by atoms with Crippen LogP contribution in [0.3, 0.4) is 0 Å². The summed E-state index contributed by atoms with van der Waals surface area (Å²) < 4.78 is 45.2. The summed E-state index contributed by atoms with van der Waals surface area (Å²) >= 11 is -1.22. The van der Waals surface area contributed by atoms with E-state index in [0.29, 0.717) is 11.0 Å². The fourth-order valence-corrected chi connectivity index (χ4v) is 7.01. The van der Waals surface area contributed by atoms with Crippen LogP contribution in [-0.2, 0) is 6.18 Å². The third kappa shape index (κ3) is 2.03. The summed E-state index contributed by atoms with van der Waals surface area (Å²) in [5.74, 6) is 0. The van der Waals surface area contributed by atoms with Gasteiger partial charge in [-0.05, 0) is 0 Å². The van der Waals surface area contributed by atoms with E-state index < -0.39 is 31.6 Å². The van der Waals surface area contributed by atoms with Crippen molar-refractivity contribution in [2.24, 2.45) is 0 Å². The summed E-state index contributed by atoms with van der Waals surface area (Å²) in [6, 6.07) is 3.53. The molecule has 108 valence electrons. The molecule has 6 heteroatoms. The van der Waals surface area contributed by atoms with Crippen molar-refractivity contribution >= 4 is 30.9 Å². The Hall–Kier alpha value is -0.790. The normalized spacial score (nSPS) is 21.2. The average molecular weight is 394 g/mol. The van der Waals surface area contributed by atoms with Gasteiger partial charge in [0.2, 0.25) is 0 Å². The summed E-state index contributed by atoms with van der Waals surface area (Å²) in [6.45, 7) is 0. The van der Waals surface area contributed by atoms with E-state index in [2.05, 4.69) is 4.98 Å². The number of hydrogen-bond acceptors (Lipinski definition) is 1. The Kier molecular flexibility index (Phi) is 2.81. The Morgan fingerprint density at radius 2 is 1.95 bits per heavy atom. The van der Waals surface area contributed by atoms with Crippen LogP contribution in [0.1, 0.15) is 30.9 Å². The first-order chi connectivity index (χ1) is 9.54. The maximum atomic E-state index is 13.4. The van der Waals surface area contributed by atoms with Crippen molar-refractivity contribution in [3.63, 3.8) is 0 Å². The summed E-state index contributed by atoms with van der Waals surface area (Å²) in [7, 11) is 0. The molecule has 0 unspecified atom stereocenters. The Morgan fingerprint density at radius 1 is 1.20 bits per heavy atom. The molecule has 1 saturated carbocycles. The molecule has 0 radical (unpaired) electrons. The fraction of sp³-hybridized carbons (Fsp3) is 0.500. The maximum absolute atomic E-state index is 13.4. The molecule has 2 aliphatic rings. The number of aromatic nitrogens is 2. The molecule has 4 rings (SSSR count). The molecule has 1 saturated heterocycles. The predicted octanol–water partition coefficient (Wildman–Crippen LogP) is 4.47. The average Bonchev–Trinajstić information content (AvgIpc) is 3.08. The standard InChI is InChI=1S/C14H14F3IN2/c15-14(16,17)11-6-9(18-4-5-18)7-12-13(11)20(8-19-12)10-2-1-3-10/h6-8,10H,1-5H2. The van der Waals surface area contributed by atoms with Crippen LogP contribution in [0.5, 0.6) is 0 Å². The van der Waals surface area contributed by atoms with Crippen LogP contribution in [0, 0.1) is 3.57 Å². The molecular formula is C14H14F3IN2. The van der Waals surface area contributed by atoms with Crippen LogP contribution in [0.4, 0.5) is 13.2 Å². The molecule has 0 atom stereocenters. The molecule has 0 N–H and O–H groups in total. The van der Waals surface area contributed by atoms with Crippen molar-refractivity contribution in [1.82, 2.24) is 9.55 Å². The first-order valence-corrected chi connectivity index (χ1v) is 10.9. The zero-order valence-electron chi connectivity index (χ0n) is 10.8. The minimum absolute atomic E-state index is 0.201. The molecule has 1 aliphatic carbocycles. The second kappa shape index (κ2) is 4.35. The van der Waals surface area contributed by atoms with Gasteiger partial charge in [0.15, 0.2) is 0 Å². The second-order valence-corrected chi connectivity index (χ2v) is 11.4. The van der Waals surface area contributed by atoms with Gasteiger partial charge in [-0.25, -0.2) is 0 Å². The molecular weight excluding hydrogens is 380 g/mol. The molecule has 2 fully saturated rings. The van der Waals surface area contributed by atoms with Crippen molar-refractivity contribution in [2.75, 3.05) is 8.86 Å². The first-order valence-electron chi connectivity index (χ1n) is 6.73. The molecule has 0 spiro atoms. The van der Waals surface area contributed by atoms with Gasteiger partial charge in [0.25, 0.3) is 0 Å². The zero-order chi connectivity index (χ0) is 13.9. The number of hydrogen-bond donors (Lipinski definition) is 0. The molecule has 2 aromatic rings. The predicted molar refractivity (Wildman–Crippen MR) is 80.1 cm³/mol. The molecule has 0 bridgehead atoms. The quantitative estimate of drug-likeness (QED) is 0.543. The van der Waals surface area contributed by atoms with E-state index >= 15 is 0 Å². The fourth-order valence-electron chi connectivity index (χ4n) is 2.70. The first kappa shape index (κ1) is 12.9. The molecule has 1 aliphatic heterocycles. The minimum atomic E-state index is -4.29. The Balaban J connectivity index is 1.94. The van der Waals surface area contributed by atoms with Gasteiger partial charge in [-0.1, -0.05) is 0 Å².